The first kappa shape index (κ1) is 20.5. The van der Waals surface area contributed by atoms with Gasteiger partial charge in [-0.1, -0.05) is 26.0 Å². The van der Waals surface area contributed by atoms with E-state index in [0.717, 1.165) is 38.3 Å². The lowest BCUT2D eigenvalue weighted by atomic mass is 10.1. The van der Waals surface area contributed by atoms with E-state index in [4.69, 9.17) is 4.74 Å². The van der Waals surface area contributed by atoms with Crippen LogP contribution >= 0.6 is 0 Å². The molecule has 0 aromatic heterocycles. The summed E-state index contributed by atoms with van der Waals surface area (Å²) >= 11 is 0. The van der Waals surface area contributed by atoms with Gasteiger partial charge in [0, 0.05) is 26.2 Å². The molecule has 5 nitrogen and oxygen atoms in total. The van der Waals surface area contributed by atoms with E-state index >= 15 is 0 Å². The first-order valence-corrected chi connectivity index (χ1v) is 9.77. The molecule has 146 valence electrons. The Morgan fingerprint density at radius 1 is 1.31 bits per heavy atom. The summed E-state index contributed by atoms with van der Waals surface area (Å²) in [6.45, 7) is 8.30. The molecule has 0 spiro atoms. The highest BCUT2D eigenvalue weighted by molar-refractivity contribution is 5.80. The standard InChI is InChI=1S/C20H33FN4O/c1-4-12-25-13-10-16(11-14-25)24-20(22-3)23-15-17(5-2)26-19-9-7-6-8-18(19)21/h6-9,16-17H,4-5,10-15H2,1-3H3,(H2,22,23,24). The monoisotopic (exact) mass is 364 g/mol. The maximum Gasteiger partial charge on any atom is 0.191 e. The zero-order valence-corrected chi connectivity index (χ0v) is 16.3. The number of ether oxygens (including phenoxy) is 1. The number of benzene rings is 1. The van der Waals surface area contributed by atoms with Crippen molar-refractivity contribution in [1.82, 2.24) is 15.5 Å². The molecule has 0 saturated carbocycles. The molecule has 0 aliphatic carbocycles. The van der Waals surface area contributed by atoms with Gasteiger partial charge in [-0.3, -0.25) is 4.99 Å². The van der Waals surface area contributed by atoms with Crippen LogP contribution in [0.3, 0.4) is 0 Å². The van der Waals surface area contributed by atoms with Crippen LogP contribution in [0.15, 0.2) is 29.3 Å². The van der Waals surface area contributed by atoms with Crippen molar-refractivity contribution in [2.24, 2.45) is 4.99 Å². The molecule has 0 bridgehead atoms. The van der Waals surface area contributed by atoms with E-state index in [0.29, 0.717) is 18.3 Å². The lowest BCUT2D eigenvalue weighted by Crippen LogP contribution is -2.50. The second-order valence-corrected chi connectivity index (χ2v) is 6.79. The summed E-state index contributed by atoms with van der Waals surface area (Å²) in [5, 5.41) is 6.83. The minimum absolute atomic E-state index is 0.114. The third-order valence-electron chi connectivity index (χ3n) is 4.77. The van der Waals surface area contributed by atoms with Crippen LogP contribution in [0.5, 0.6) is 5.75 Å². The second kappa shape index (κ2) is 11.0. The Hall–Kier alpha value is -1.82. The number of hydrogen-bond donors (Lipinski definition) is 2. The van der Waals surface area contributed by atoms with Crippen LogP contribution in [0.1, 0.15) is 39.5 Å². The first-order valence-electron chi connectivity index (χ1n) is 9.77. The topological polar surface area (TPSA) is 48.9 Å². The second-order valence-electron chi connectivity index (χ2n) is 6.79. The molecular weight excluding hydrogens is 331 g/mol. The highest BCUT2D eigenvalue weighted by Crippen LogP contribution is 2.17. The van der Waals surface area contributed by atoms with Gasteiger partial charge in [-0.05, 0) is 44.4 Å². The molecule has 1 atom stereocenters. The Labute approximate surface area is 157 Å². The minimum Gasteiger partial charge on any atom is -0.486 e. The predicted molar refractivity (Wildman–Crippen MR) is 105 cm³/mol. The third-order valence-corrected chi connectivity index (χ3v) is 4.77. The predicted octanol–water partition coefficient (Wildman–Crippen LogP) is 3.02. The summed E-state index contributed by atoms with van der Waals surface area (Å²) in [4.78, 5) is 6.84. The van der Waals surface area contributed by atoms with E-state index in [1.165, 1.54) is 19.0 Å². The van der Waals surface area contributed by atoms with Crippen molar-refractivity contribution in [3.05, 3.63) is 30.1 Å². The van der Waals surface area contributed by atoms with E-state index in [1.807, 2.05) is 6.92 Å². The molecule has 0 amide bonds. The number of nitrogens with zero attached hydrogens (tertiary/aromatic N) is 2. The van der Waals surface area contributed by atoms with Crippen molar-refractivity contribution in [3.8, 4) is 5.75 Å². The number of hydrogen-bond acceptors (Lipinski definition) is 3. The van der Waals surface area contributed by atoms with Crippen molar-refractivity contribution >= 4 is 5.96 Å². The molecular formula is C20H33FN4O. The fourth-order valence-electron chi connectivity index (χ4n) is 3.20. The Kier molecular flexibility index (Phi) is 8.68. The van der Waals surface area contributed by atoms with Crippen LogP contribution in [0, 0.1) is 5.82 Å². The highest BCUT2D eigenvalue weighted by Gasteiger charge is 2.20. The van der Waals surface area contributed by atoms with E-state index < -0.39 is 0 Å². The van der Waals surface area contributed by atoms with E-state index in [-0.39, 0.29) is 11.9 Å². The van der Waals surface area contributed by atoms with Gasteiger partial charge in [0.2, 0.25) is 0 Å². The molecule has 1 unspecified atom stereocenters. The number of piperidine rings is 1. The Morgan fingerprint density at radius 3 is 2.65 bits per heavy atom. The SMILES string of the molecule is CCCN1CCC(NC(=NC)NCC(CC)Oc2ccccc2F)CC1. The van der Waals surface area contributed by atoms with Gasteiger partial charge in [-0.25, -0.2) is 4.39 Å². The maximum atomic E-state index is 13.8. The number of nitrogens with one attached hydrogen (secondary N) is 2. The quantitative estimate of drug-likeness (QED) is 0.550. The molecule has 0 radical (unpaired) electrons. The largest absolute Gasteiger partial charge is 0.486 e. The normalized spacial score (nSPS) is 17.8. The van der Waals surface area contributed by atoms with E-state index in [9.17, 15) is 4.39 Å². The van der Waals surface area contributed by atoms with Crippen LogP contribution in [-0.4, -0.2) is 56.2 Å². The average Bonchev–Trinajstić information content (AvgIpc) is 2.67. The molecule has 6 heteroatoms. The van der Waals surface area contributed by atoms with Gasteiger partial charge in [0.25, 0.3) is 0 Å². The van der Waals surface area contributed by atoms with Crippen molar-refractivity contribution in [2.45, 2.75) is 51.7 Å². The van der Waals surface area contributed by atoms with Crippen LogP contribution in [-0.2, 0) is 0 Å². The molecule has 26 heavy (non-hydrogen) atoms. The van der Waals surface area contributed by atoms with Gasteiger partial charge < -0.3 is 20.3 Å². The number of likely N-dealkylation sites (tertiary alicyclic amines) is 1. The summed E-state index contributed by atoms with van der Waals surface area (Å²) < 4.78 is 19.6. The smallest absolute Gasteiger partial charge is 0.191 e. The van der Waals surface area contributed by atoms with E-state index in [1.54, 1.807) is 25.2 Å². The van der Waals surface area contributed by atoms with Crippen molar-refractivity contribution in [2.75, 3.05) is 33.2 Å². The lowest BCUT2D eigenvalue weighted by Gasteiger charge is -2.33. The molecule has 1 aliphatic rings. The fraction of sp³-hybridized carbons (Fsp3) is 0.650. The number of rotatable bonds is 8. The van der Waals surface area contributed by atoms with Crippen molar-refractivity contribution in [1.29, 1.82) is 0 Å². The molecule has 2 rings (SSSR count). The Balaban J connectivity index is 1.77. The number of aliphatic imine (C=N–C) groups is 1. The summed E-state index contributed by atoms with van der Waals surface area (Å²) in [5.41, 5.74) is 0. The number of halogens is 1. The van der Waals surface area contributed by atoms with E-state index in [2.05, 4.69) is 27.4 Å². The molecule has 1 saturated heterocycles. The van der Waals surface area contributed by atoms with Crippen LogP contribution < -0.4 is 15.4 Å². The molecule has 1 fully saturated rings. The summed E-state index contributed by atoms with van der Waals surface area (Å²) in [5.74, 6) is 0.759. The zero-order chi connectivity index (χ0) is 18.8. The van der Waals surface area contributed by atoms with Gasteiger partial charge in [0.1, 0.15) is 6.10 Å². The molecule has 2 N–H and O–H groups in total. The summed E-state index contributed by atoms with van der Waals surface area (Å²) in [7, 11) is 1.78. The van der Waals surface area contributed by atoms with Gasteiger partial charge in [0.15, 0.2) is 17.5 Å². The Morgan fingerprint density at radius 2 is 2.04 bits per heavy atom. The van der Waals surface area contributed by atoms with Crippen molar-refractivity contribution in [3.63, 3.8) is 0 Å². The average molecular weight is 365 g/mol. The number of guanidine groups is 1. The lowest BCUT2D eigenvalue weighted by molar-refractivity contribution is 0.189. The van der Waals surface area contributed by atoms with Gasteiger partial charge in [-0.2, -0.15) is 0 Å². The molecule has 1 heterocycles. The van der Waals surface area contributed by atoms with Crippen LogP contribution in [0.4, 0.5) is 4.39 Å². The molecule has 1 aromatic carbocycles. The summed E-state index contributed by atoms with van der Waals surface area (Å²) in [6.07, 6.45) is 4.14. The van der Waals surface area contributed by atoms with Crippen LogP contribution in [0.25, 0.3) is 0 Å². The van der Waals surface area contributed by atoms with Gasteiger partial charge in [-0.15, -0.1) is 0 Å². The van der Waals surface area contributed by atoms with Gasteiger partial charge in [0.05, 0.1) is 6.54 Å². The first-order chi connectivity index (χ1) is 12.7. The number of para-hydroxylation sites is 1. The summed E-state index contributed by atoms with van der Waals surface area (Å²) in [6, 6.07) is 6.97. The fourth-order valence-corrected chi connectivity index (χ4v) is 3.20. The molecule has 1 aliphatic heterocycles. The van der Waals surface area contributed by atoms with Crippen LogP contribution in [0.2, 0.25) is 0 Å². The zero-order valence-electron chi connectivity index (χ0n) is 16.3. The minimum atomic E-state index is -0.327. The van der Waals surface area contributed by atoms with Gasteiger partial charge >= 0.3 is 0 Å². The maximum absolute atomic E-state index is 13.8. The van der Waals surface area contributed by atoms with Crippen molar-refractivity contribution < 1.29 is 9.13 Å². The third kappa shape index (κ3) is 6.48. The highest BCUT2D eigenvalue weighted by atomic mass is 19.1. The molecule has 1 aromatic rings. The Bertz CT molecular complexity index is 558.